The van der Waals surface area contributed by atoms with Crippen molar-refractivity contribution in [2.24, 2.45) is 0 Å². The Hall–Kier alpha value is -2.37. The molecule has 3 rings (SSSR count). The second-order valence-electron chi connectivity index (χ2n) is 5.10. The van der Waals surface area contributed by atoms with Crippen LogP contribution in [0.1, 0.15) is 25.7 Å². The van der Waals surface area contributed by atoms with E-state index in [1.54, 1.807) is 23.1 Å². The molecule has 6 heteroatoms. The van der Waals surface area contributed by atoms with Gasteiger partial charge in [0.05, 0.1) is 29.5 Å². The summed E-state index contributed by atoms with van der Waals surface area (Å²) in [5, 5.41) is 4.16. The van der Waals surface area contributed by atoms with Crippen molar-refractivity contribution in [3.63, 3.8) is 0 Å². The molecular formula is C14H16FN5. The lowest BCUT2D eigenvalue weighted by atomic mass is 10.3. The number of nitrogen functional groups attached to an aromatic ring is 1. The molecule has 104 valence electrons. The van der Waals surface area contributed by atoms with Gasteiger partial charge in [-0.25, -0.2) is 9.37 Å². The lowest BCUT2D eigenvalue weighted by molar-refractivity contribution is 0.549. The molecule has 0 saturated carbocycles. The van der Waals surface area contributed by atoms with Crippen LogP contribution in [-0.2, 0) is 6.54 Å². The molecule has 2 heterocycles. The van der Waals surface area contributed by atoms with Gasteiger partial charge < -0.3 is 10.3 Å². The molecule has 0 saturated heterocycles. The maximum absolute atomic E-state index is 13.4. The first-order chi connectivity index (χ1) is 9.54. The lowest BCUT2D eigenvalue weighted by Gasteiger charge is -2.13. The van der Waals surface area contributed by atoms with E-state index in [4.69, 9.17) is 5.73 Å². The van der Waals surface area contributed by atoms with E-state index < -0.39 is 0 Å². The smallest absolute Gasteiger partial charge is 0.131 e. The van der Waals surface area contributed by atoms with Gasteiger partial charge in [-0.2, -0.15) is 5.10 Å². The highest BCUT2D eigenvalue weighted by molar-refractivity contribution is 5.76. The molecule has 0 atom stereocenters. The standard InChI is InChI=1S/C14H16FN5/c1-9(2)20-13-5-10(15)3-4-12(13)18-14(20)8-19-7-11(16)6-17-19/h3-7,9H,8,16H2,1-2H3. The van der Waals surface area contributed by atoms with Gasteiger partial charge in [0.25, 0.3) is 0 Å². The molecule has 2 N–H and O–H groups in total. The van der Waals surface area contributed by atoms with Gasteiger partial charge in [-0.15, -0.1) is 0 Å². The first-order valence-corrected chi connectivity index (χ1v) is 6.49. The number of hydrogen-bond acceptors (Lipinski definition) is 3. The van der Waals surface area contributed by atoms with E-state index >= 15 is 0 Å². The number of benzene rings is 1. The highest BCUT2D eigenvalue weighted by Gasteiger charge is 2.14. The monoisotopic (exact) mass is 273 g/mol. The van der Waals surface area contributed by atoms with E-state index in [9.17, 15) is 4.39 Å². The molecule has 0 aliphatic carbocycles. The lowest BCUT2D eigenvalue weighted by Crippen LogP contribution is -2.11. The van der Waals surface area contributed by atoms with Gasteiger partial charge in [0, 0.05) is 12.2 Å². The Kier molecular flexibility index (Phi) is 2.93. The zero-order chi connectivity index (χ0) is 14.3. The molecule has 0 spiro atoms. The van der Waals surface area contributed by atoms with Crippen molar-refractivity contribution >= 4 is 16.7 Å². The van der Waals surface area contributed by atoms with Gasteiger partial charge in [0.2, 0.25) is 0 Å². The predicted molar refractivity (Wildman–Crippen MR) is 75.8 cm³/mol. The van der Waals surface area contributed by atoms with Crippen molar-refractivity contribution in [3.8, 4) is 0 Å². The number of anilines is 1. The maximum Gasteiger partial charge on any atom is 0.131 e. The summed E-state index contributed by atoms with van der Waals surface area (Å²) in [6, 6.07) is 4.83. The molecule has 20 heavy (non-hydrogen) atoms. The summed E-state index contributed by atoms with van der Waals surface area (Å²) < 4.78 is 17.2. The maximum atomic E-state index is 13.4. The largest absolute Gasteiger partial charge is 0.396 e. The van der Waals surface area contributed by atoms with Crippen LogP contribution in [0.5, 0.6) is 0 Å². The fourth-order valence-electron chi connectivity index (χ4n) is 2.41. The van der Waals surface area contributed by atoms with Gasteiger partial charge in [-0.3, -0.25) is 4.68 Å². The van der Waals surface area contributed by atoms with Crippen molar-refractivity contribution < 1.29 is 4.39 Å². The molecule has 2 aromatic heterocycles. The third-order valence-corrected chi connectivity index (χ3v) is 3.20. The average molecular weight is 273 g/mol. The summed E-state index contributed by atoms with van der Waals surface area (Å²) in [5.74, 6) is 0.581. The SMILES string of the molecule is CC(C)n1c(Cn2cc(N)cn2)nc2ccc(F)cc21. The summed E-state index contributed by atoms with van der Waals surface area (Å²) in [4.78, 5) is 4.57. The Balaban J connectivity index is 2.11. The molecule has 0 bridgehead atoms. The number of hydrogen-bond donors (Lipinski definition) is 1. The molecule has 0 fully saturated rings. The summed E-state index contributed by atoms with van der Waals surface area (Å²) in [6.07, 6.45) is 3.35. The first kappa shape index (κ1) is 12.7. The molecule has 0 radical (unpaired) electrons. The van der Waals surface area contributed by atoms with E-state index in [2.05, 4.69) is 10.1 Å². The van der Waals surface area contributed by atoms with Gasteiger partial charge >= 0.3 is 0 Å². The topological polar surface area (TPSA) is 61.7 Å². The molecule has 5 nitrogen and oxygen atoms in total. The molecule has 0 aliphatic rings. The van der Waals surface area contributed by atoms with E-state index in [0.717, 1.165) is 16.9 Å². The van der Waals surface area contributed by atoms with Crippen LogP contribution < -0.4 is 5.73 Å². The van der Waals surface area contributed by atoms with Crippen LogP contribution in [0.2, 0.25) is 0 Å². The zero-order valence-electron chi connectivity index (χ0n) is 11.4. The van der Waals surface area contributed by atoms with E-state index in [1.165, 1.54) is 12.1 Å². The second kappa shape index (κ2) is 4.63. The number of nitrogens with zero attached hydrogens (tertiary/aromatic N) is 4. The Bertz CT molecular complexity index is 756. The highest BCUT2D eigenvalue weighted by Crippen LogP contribution is 2.22. The van der Waals surface area contributed by atoms with Crippen LogP contribution in [0.3, 0.4) is 0 Å². The summed E-state index contributed by atoms with van der Waals surface area (Å²) in [6.45, 7) is 4.60. The van der Waals surface area contributed by atoms with Crippen molar-refractivity contribution in [2.75, 3.05) is 5.73 Å². The highest BCUT2D eigenvalue weighted by atomic mass is 19.1. The summed E-state index contributed by atoms with van der Waals surface area (Å²) in [7, 11) is 0. The molecule has 0 unspecified atom stereocenters. The van der Waals surface area contributed by atoms with Crippen molar-refractivity contribution in [1.82, 2.24) is 19.3 Å². The predicted octanol–water partition coefficient (Wildman–Crippen LogP) is 2.58. The molecular weight excluding hydrogens is 257 g/mol. The number of aromatic nitrogens is 4. The van der Waals surface area contributed by atoms with Crippen LogP contribution in [0.4, 0.5) is 10.1 Å². The molecule has 1 aromatic carbocycles. The summed E-state index contributed by atoms with van der Waals surface area (Å²) in [5.41, 5.74) is 7.87. The van der Waals surface area contributed by atoms with Gasteiger partial charge in [-0.1, -0.05) is 0 Å². The Morgan fingerprint density at radius 2 is 2.15 bits per heavy atom. The van der Waals surface area contributed by atoms with Gasteiger partial charge in [0.15, 0.2) is 0 Å². The minimum Gasteiger partial charge on any atom is -0.396 e. The third kappa shape index (κ3) is 2.13. The Morgan fingerprint density at radius 3 is 2.80 bits per heavy atom. The van der Waals surface area contributed by atoms with Crippen LogP contribution in [0.25, 0.3) is 11.0 Å². The summed E-state index contributed by atoms with van der Waals surface area (Å²) >= 11 is 0. The first-order valence-electron chi connectivity index (χ1n) is 6.49. The Labute approximate surface area is 115 Å². The fourth-order valence-corrected chi connectivity index (χ4v) is 2.41. The number of rotatable bonds is 3. The Morgan fingerprint density at radius 1 is 1.35 bits per heavy atom. The van der Waals surface area contributed by atoms with Crippen LogP contribution in [0.15, 0.2) is 30.6 Å². The molecule has 3 aromatic rings. The molecule has 0 aliphatic heterocycles. The quantitative estimate of drug-likeness (QED) is 0.797. The van der Waals surface area contributed by atoms with Gasteiger partial charge in [-0.05, 0) is 32.0 Å². The zero-order valence-corrected chi connectivity index (χ0v) is 11.4. The second-order valence-corrected chi connectivity index (χ2v) is 5.10. The van der Waals surface area contributed by atoms with Crippen molar-refractivity contribution in [1.29, 1.82) is 0 Å². The minimum atomic E-state index is -0.255. The number of halogens is 1. The van der Waals surface area contributed by atoms with Gasteiger partial charge in [0.1, 0.15) is 11.6 Å². The van der Waals surface area contributed by atoms with Crippen molar-refractivity contribution in [2.45, 2.75) is 26.4 Å². The minimum absolute atomic E-state index is 0.185. The molecule has 0 amide bonds. The average Bonchev–Trinajstić information content (AvgIpc) is 2.92. The fraction of sp³-hybridized carbons (Fsp3) is 0.286. The third-order valence-electron chi connectivity index (χ3n) is 3.20. The van der Waals surface area contributed by atoms with Crippen LogP contribution in [-0.4, -0.2) is 19.3 Å². The van der Waals surface area contributed by atoms with Crippen LogP contribution >= 0.6 is 0 Å². The van der Waals surface area contributed by atoms with E-state index in [-0.39, 0.29) is 11.9 Å². The van der Waals surface area contributed by atoms with E-state index in [0.29, 0.717) is 12.2 Å². The number of fused-ring (bicyclic) bond motifs is 1. The van der Waals surface area contributed by atoms with E-state index in [1.807, 2.05) is 18.4 Å². The normalized spacial score (nSPS) is 11.6. The number of imidazole rings is 1. The van der Waals surface area contributed by atoms with Crippen molar-refractivity contribution in [3.05, 3.63) is 42.2 Å². The number of nitrogens with two attached hydrogens (primary N) is 1. The van der Waals surface area contributed by atoms with Crippen LogP contribution in [0, 0.1) is 5.82 Å².